The van der Waals surface area contributed by atoms with Gasteiger partial charge in [-0.1, -0.05) is 48.0 Å². The van der Waals surface area contributed by atoms with E-state index in [4.69, 9.17) is 9.05 Å². The second-order valence-electron chi connectivity index (χ2n) is 6.63. The van der Waals surface area contributed by atoms with Gasteiger partial charge in [0.05, 0.1) is 24.2 Å². The van der Waals surface area contributed by atoms with E-state index in [0.717, 1.165) is 11.1 Å². The Hall–Kier alpha value is -1.30. The topological polar surface area (TPSA) is 55.6 Å². The predicted octanol–water partition coefficient (Wildman–Crippen LogP) is 5.06. The third kappa shape index (κ3) is 3.57. The van der Waals surface area contributed by atoms with E-state index >= 15 is 0 Å². The van der Waals surface area contributed by atoms with Crippen LogP contribution in [0.3, 0.4) is 0 Å². The van der Waals surface area contributed by atoms with Crippen LogP contribution in [0.15, 0.2) is 59.5 Å². The van der Waals surface area contributed by atoms with Gasteiger partial charge in [-0.15, -0.1) is 0 Å². The van der Waals surface area contributed by atoms with Crippen LogP contribution < -0.4 is 0 Å². The molecule has 146 valence electrons. The van der Waals surface area contributed by atoms with E-state index < -0.39 is 23.9 Å². The van der Waals surface area contributed by atoms with Gasteiger partial charge in [0.2, 0.25) is 0 Å². The van der Waals surface area contributed by atoms with Gasteiger partial charge in [-0.25, -0.2) is 4.21 Å². The quantitative estimate of drug-likeness (QED) is 0.454. The molecular formula is C20H26NO4PS. The molecule has 3 rings (SSSR count). The molecule has 0 N–H and O–H groups in total. The van der Waals surface area contributed by atoms with Crippen LogP contribution in [-0.2, 0) is 24.6 Å². The summed E-state index contributed by atoms with van der Waals surface area (Å²) in [6.07, 6.45) is 0. The van der Waals surface area contributed by atoms with Crippen LogP contribution in [0.1, 0.15) is 37.9 Å². The third-order valence-electron chi connectivity index (χ3n) is 4.80. The maximum atomic E-state index is 13.7. The maximum Gasteiger partial charge on any atom is 0.353 e. The van der Waals surface area contributed by atoms with Crippen molar-refractivity contribution in [2.45, 2.75) is 43.9 Å². The molecule has 1 saturated heterocycles. The zero-order chi connectivity index (χ0) is 19.7. The Labute approximate surface area is 163 Å². The Kier molecular flexibility index (Phi) is 6.04. The lowest BCUT2D eigenvalue weighted by Crippen LogP contribution is -2.20. The van der Waals surface area contributed by atoms with Crippen LogP contribution in [0.5, 0.6) is 0 Å². The van der Waals surface area contributed by atoms with Crippen molar-refractivity contribution in [1.29, 1.82) is 0 Å². The third-order valence-corrected chi connectivity index (χ3v) is 9.32. The maximum absolute atomic E-state index is 13.7. The molecule has 1 unspecified atom stereocenters. The minimum Gasteiger partial charge on any atom is -0.308 e. The van der Waals surface area contributed by atoms with Gasteiger partial charge in [0.15, 0.2) is 5.28 Å². The van der Waals surface area contributed by atoms with Gasteiger partial charge in [0, 0.05) is 0 Å². The minimum atomic E-state index is -3.52. The fourth-order valence-electron chi connectivity index (χ4n) is 3.38. The molecule has 0 spiro atoms. The van der Waals surface area contributed by atoms with Crippen LogP contribution in [0.2, 0.25) is 0 Å². The number of rotatable bonds is 8. The molecule has 1 aliphatic heterocycles. The molecule has 0 radical (unpaired) electrons. The molecular weight excluding hydrogens is 381 g/mol. The monoisotopic (exact) mass is 407 g/mol. The average Bonchev–Trinajstić information content (AvgIpc) is 3.31. The van der Waals surface area contributed by atoms with Crippen LogP contribution in [0.4, 0.5) is 0 Å². The van der Waals surface area contributed by atoms with Crippen LogP contribution in [-0.4, -0.2) is 27.0 Å². The summed E-state index contributed by atoms with van der Waals surface area (Å²) < 4.78 is 40.1. The summed E-state index contributed by atoms with van der Waals surface area (Å²) in [6.45, 7) is 7.91. The second-order valence-corrected chi connectivity index (χ2v) is 10.4. The fourth-order valence-corrected chi connectivity index (χ4v) is 7.62. The van der Waals surface area contributed by atoms with Crippen LogP contribution in [0, 0.1) is 6.92 Å². The first kappa shape index (κ1) is 20.4. The van der Waals surface area contributed by atoms with Crippen molar-refractivity contribution in [1.82, 2.24) is 4.31 Å². The zero-order valence-corrected chi connectivity index (χ0v) is 17.8. The molecule has 0 saturated carbocycles. The summed E-state index contributed by atoms with van der Waals surface area (Å²) in [6, 6.07) is 16.9. The molecule has 0 aliphatic carbocycles. The lowest BCUT2D eigenvalue weighted by molar-refractivity contribution is 0.207. The molecule has 1 aliphatic rings. The first-order valence-corrected chi connectivity index (χ1v) is 11.8. The minimum absolute atomic E-state index is 0.263. The average molecular weight is 407 g/mol. The molecule has 4 atom stereocenters. The highest BCUT2D eigenvalue weighted by Gasteiger charge is 2.74. The van der Waals surface area contributed by atoms with Crippen LogP contribution in [0.25, 0.3) is 0 Å². The molecule has 2 aromatic rings. The first-order chi connectivity index (χ1) is 12.9. The Bertz CT molecular complexity index is 848. The fraction of sp³-hybridized carbons (Fsp3) is 0.400. The summed E-state index contributed by atoms with van der Waals surface area (Å²) in [5.41, 5.74) is 2.04. The lowest BCUT2D eigenvalue weighted by atomic mass is 10.1. The van der Waals surface area contributed by atoms with Crippen molar-refractivity contribution in [3.8, 4) is 0 Å². The molecule has 2 aromatic carbocycles. The summed E-state index contributed by atoms with van der Waals surface area (Å²) in [4.78, 5) is 0.671. The Morgan fingerprint density at radius 1 is 1.04 bits per heavy atom. The SMILES string of the molecule is CCOP(=O)(OCC)[C@]1(C)[C@@H](c2ccccc2)N1[S@@](=O)c1ccc(C)cc1. The summed E-state index contributed by atoms with van der Waals surface area (Å²) in [5, 5.41) is -0.990. The first-order valence-electron chi connectivity index (χ1n) is 9.11. The standard InChI is InChI=1S/C20H26NO4PS/c1-5-24-26(22,25-6-2)20(4)19(17-10-8-7-9-11-17)21(20)27(23)18-14-12-16(3)13-15-18/h7-15,19H,5-6H2,1-4H3/t19-,20-,21?,27+/m1/s1. The summed E-state index contributed by atoms with van der Waals surface area (Å²) in [7, 11) is -5.01. The van der Waals surface area contributed by atoms with Crippen molar-refractivity contribution in [3.63, 3.8) is 0 Å². The highest BCUT2D eigenvalue weighted by molar-refractivity contribution is 7.83. The molecule has 1 heterocycles. The normalized spacial score (nSPS) is 25.9. The van der Waals surface area contributed by atoms with Gasteiger partial charge in [0.25, 0.3) is 0 Å². The predicted molar refractivity (Wildman–Crippen MR) is 108 cm³/mol. The van der Waals surface area contributed by atoms with Gasteiger partial charge in [-0.05, 0) is 45.4 Å². The van der Waals surface area contributed by atoms with E-state index in [-0.39, 0.29) is 19.3 Å². The van der Waals surface area contributed by atoms with E-state index in [1.807, 2.05) is 68.4 Å². The number of hydrogen-bond acceptors (Lipinski definition) is 4. The largest absolute Gasteiger partial charge is 0.353 e. The highest BCUT2D eigenvalue weighted by Crippen LogP contribution is 2.77. The Morgan fingerprint density at radius 3 is 2.11 bits per heavy atom. The van der Waals surface area contributed by atoms with Gasteiger partial charge in [-0.2, -0.15) is 4.31 Å². The molecule has 1 fully saturated rings. The van der Waals surface area contributed by atoms with Crippen molar-refractivity contribution < 1.29 is 17.8 Å². The van der Waals surface area contributed by atoms with Crippen molar-refractivity contribution >= 4 is 18.6 Å². The molecule has 5 nitrogen and oxygen atoms in total. The molecule has 27 heavy (non-hydrogen) atoms. The van der Waals surface area contributed by atoms with E-state index in [1.54, 1.807) is 18.2 Å². The van der Waals surface area contributed by atoms with Crippen molar-refractivity contribution in [3.05, 3.63) is 65.7 Å². The molecule has 0 amide bonds. The Morgan fingerprint density at radius 2 is 1.59 bits per heavy atom. The van der Waals surface area contributed by atoms with Gasteiger partial charge < -0.3 is 9.05 Å². The number of hydrogen-bond donors (Lipinski definition) is 0. The van der Waals surface area contributed by atoms with Crippen molar-refractivity contribution in [2.24, 2.45) is 0 Å². The van der Waals surface area contributed by atoms with Gasteiger partial charge in [-0.3, -0.25) is 4.57 Å². The summed E-state index contributed by atoms with van der Waals surface area (Å²) in [5.74, 6) is 0. The molecule has 0 aromatic heterocycles. The molecule has 0 bridgehead atoms. The number of benzene rings is 2. The lowest BCUT2D eigenvalue weighted by Gasteiger charge is -2.24. The second kappa shape index (κ2) is 7.98. The van der Waals surface area contributed by atoms with E-state index in [2.05, 4.69) is 0 Å². The van der Waals surface area contributed by atoms with E-state index in [1.165, 1.54) is 0 Å². The Balaban J connectivity index is 2.05. The molecule has 7 heteroatoms. The zero-order valence-electron chi connectivity index (χ0n) is 16.1. The van der Waals surface area contributed by atoms with E-state index in [0.29, 0.717) is 4.90 Å². The highest BCUT2D eigenvalue weighted by atomic mass is 32.2. The van der Waals surface area contributed by atoms with Gasteiger partial charge >= 0.3 is 7.60 Å². The number of aryl methyl sites for hydroxylation is 1. The van der Waals surface area contributed by atoms with Crippen molar-refractivity contribution in [2.75, 3.05) is 13.2 Å². The smallest absolute Gasteiger partial charge is 0.308 e. The van der Waals surface area contributed by atoms with Crippen LogP contribution >= 0.6 is 7.60 Å². The number of nitrogens with zero attached hydrogens (tertiary/aromatic N) is 1. The van der Waals surface area contributed by atoms with E-state index in [9.17, 15) is 8.77 Å². The summed E-state index contributed by atoms with van der Waals surface area (Å²) >= 11 is 0. The van der Waals surface area contributed by atoms with Gasteiger partial charge in [0.1, 0.15) is 11.0 Å².